The summed E-state index contributed by atoms with van der Waals surface area (Å²) in [5.41, 5.74) is 3.27. The molecule has 0 fully saturated rings. The summed E-state index contributed by atoms with van der Waals surface area (Å²) in [6.07, 6.45) is 6.79. The van der Waals surface area contributed by atoms with E-state index in [-0.39, 0.29) is 5.78 Å². The molecule has 1 N–H and O–H groups in total. The maximum absolute atomic E-state index is 11.7. The molecule has 0 spiro atoms. The van der Waals surface area contributed by atoms with Crippen molar-refractivity contribution in [3.8, 4) is 6.07 Å². The lowest BCUT2D eigenvalue weighted by Gasteiger charge is -2.10. The van der Waals surface area contributed by atoms with Gasteiger partial charge >= 0.3 is 0 Å². The Bertz CT molecular complexity index is 765. The number of ketones is 1. The Morgan fingerprint density at radius 3 is 2.96 bits per heavy atom. The molecule has 2 aromatic rings. The lowest BCUT2D eigenvalue weighted by molar-refractivity contribution is 0.101. The van der Waals surface area contributed by atoms with Gasteiger partial charge in [-0.25, -0.2) is 4.98 Å². The number of nitrogens with one attached hydrogen (secondary N) is 1. The molecule has 24 heavy (non-hydrogen) atoms. The van der Waals surface area contributed by atoms with Crippen molar-refractivity contribution >= 4 is 22.8 Å². The van der Waals surface area contributed by atoms with Gasteiger partial charge in [0, 0.05) is 29.1 Å². The fraction of sp³-hybridized carbons (Fsp3) is 0.421. The van der Waals surface area contributed by atoms with Gasteiger partial charge in [0.2, 0.25) is 0 Å². The van der Waals surface area contributed by atoms with Gasteiger partial charge in [-0.05, 0) is 57.2 Å². The molecule has 1 heterocycles. The van der Waals surface area contributed by atoms with Crippen LogP contribution in [0.4, 0.5) is 5.69 Å². The van der Waals surface area contributed by atoms with Crippen LogP contribution in [0.2, 0.25) is 0 Å². The summed E-state index contributed by atoms with van der Waals surface area (Å²) in [6, 6.07) is 7.27. The molecule has 1 aliphatic carbocycles. The number of fused-ring (bicyclic) bond motifs is 1. The van der Waals surface area contributed by atoms with Crippen LogP contribution >= 0.6 is 11.3 Å². The number of carbonyl (C=O) groups is 1. The third-order valence-electron chi connectivity index (χ3n) is 4.30. The zero-order valence-corrected chi connectivity index (χ0v) is 14.7. The first-order valence-electron chi connectivity index (χ1n) is 8.44. The van der Waals surface area contributed by atoms with Crippen molar-refractivity contribution in [2.75, 3.05) is 11.9 Å². The van der Waals surface area contributed by atoms with Crippen LogP contribution in [0.3, 0.4) is 0 Å². The third-order valence-corrected chi connectivity index (χ3v) is 5.52. The smallest absolute Gasteiger partial charge is 0.161 e. The van der Waals surface area contributed by atoms with Gasteiger partial charge in [0.15, 0.2) is 5.78 Å². The first-order valence-corrected chi connectivity index (χ1v) is 9.25. The third kappa shape index (κ3) is 3.82. The second-order valence-electron chi connectivity index (χ2n) is 6.14. The van der Waals surface area contributed by atoms with E-state index in [4.69, 9.17) is 10.2 Å². The minimum Gasteiger partial charge on any atom is -0.384 e. The minimum atomic E-state index is 0.00888. The second-order valence-corrected chi connectivity index (χ2v) is 7.31. The second kappa shape index (κ2) is 7.59. The summed E-state index contributed by atoms with van der Waals surface area (Å²) in [4.78, 5) is 17.9. The topological polar surface area (TPSA) is 65.8 Å². The molecule has 0 unspecified atom stereocenters. The molecule has 1 aromatic carbocycles. The maximum atomic E-state index is 11.7. The highest BCUT2D eigenvalue weighted by Crippen LogP contribution is 2.27. The number of thiazole rings is 1. The Morgan fingerprint density at radius 1 is 1.38 bits per heavy atom. The Labute approximate surface area is 146 Å². The number of carbonyl (C=O) groups excluding carboxylic acids is 1. The van der Waals surface area contributed by atoms with Crippen molar-refractivity contribution in [3.05, 3.63) is 44.9 Å². The number of rotatable bonds is 6. The molecule has 1 aliphatic rings. The summed E-state index contributed by atoms with van der Waals surface area (Å²) < 4.78 is 0. The van der Waals surface area contributed by atoms with Gasteiger partial charge in [0.25, 0.3) is 0 Å². The fourth-order valence-electron chi connectivity index (χ4n) is 3.04. The number of hydrogen-bond donors (Lipinski definition) is 1. The number of benzene rings is 1. The van der Waals surface area contributed by atoms with E-state index in [1.165, 1.54) is 34.8 Å². The van der Waals surface area contributed by atoms with Crippen LogP contribution in [0.25, 0.3) is 0 Å². The van der Waals surface area contributed by atoms with Crippen LogP contribution in [-0.2, 0) is 19.3 Å². The van der Waals surface area contributed by atoms with Crippen molar-refractivity contribution in [1.29, 1.82) is 5.26 Å². The molecular weight excluding hydrogens is 318 g/mol. The van der Waals surface area contributed by atoms with Crippen molar-refractivity contribution in [2.24, 2.45) is 0 Å². The summed E-state index contributed by atoms with van der Waals surface area (Å²) in [5.74, 6) is 0.00888. The van der Waals surface area contributed by atoms with E-state index in [1.807, 2.05) is 11.3 Å². The lowest BCUT2D eigenvalue weighted by Crippen LogP contribution is -2.07. The van der Waals surface area contributed by atoms with E-state index in [1.54, 1.807) is 25.1 Å². The lowest BCUT2D eigenvalue weighted by atomic mass is 10.0. The van der Waals surface area contributed by atoms with Crippen molar-refractivity contribution < 1.29 is 4.79 Å². The first-order chi connectivity index (χ1) is 11.7. The SMILES string of the molecule is CC(=O)c1ccc(C#N)cc1NCCCc1nc2c(s1)CCCC2. The van der Waals surface area contributed by atoms with Crippen LogP contribution in [0, 0.1) is 11.3 Å². The van der Waals surface area contributed by atoms with Crippen LogP contribution < -0.4 is 5.32 Å². The Hall–Kier alpha value is -2.19. The molecule has 5 heteroatoms. The molecule has 124 valence electrons. The molecule has 0 atom stereocenters. The van der Waals surface area contributed by atoms with E-state index in [0.717, 1.165) is 31.5 Å². The normalized spacial score (nSPS) is 13.2. The number of nitriles is 1. The summed E-state index contributed by atoms with van der Waals surface area (Å²) >= 11 is 1.86. The first kappa shape index (κ1) is 16.7. The molecular formula is C19H21N3OS. The molecule has 0 aliphatic heterocycles. The van der Waals surface area contributed by atoms with Gasteiger partial charge in [0.05, 0.1) is 22.3 Å². The maximum Gasteiger partial charge on any atom is 0.161 e. The molecule has 3 rings (SSSR count). The van der Waals surface area contributed by atoms with Crippen molar-refractivity contribution in [2.45, 2.75) is 45.4 Å². The molecule has 0 saturated heterocycles. The molecule has 0 amide bonds. The standard InChI is InChI=1S/C19H21N3OS/c1-13(23)15-9-8-14(12-20)11-17(15)21-10-4-7-19-22-16-5-2-3-6-18(16)24-19/h8-9,11,21H,2-7,10H2,1H3. The van der Waals surface area contributed by atoms with Gasteiger partial charge in [-0.3, -0.25) is 4.79 Å². The average Bonchev–Trinajstić information content (AvgIpc) is 3.01. The number of aromatic nitrogens is 1. The highest BCUT2D eigenvalue weighted by atomic mass is 32.1. The van der Waals surface area contributed by atoms with Crippen LogP contribution in [0.5, 0.6) is 0 Å². The fourth-order valence-corrected chi connectivity index (χ4v) is 4.24. The van der Waals surface area contributed by atoms with Crippen LogP contribution in [0.15, 0.2) is 18.2 Å². The van der Waals surface area contributed by atoms with E-state index in [9.17, 15) is 4.79 Å². The van der Waals surface area contributed by atoms with Gasteiger partial charge in [0.1, 0.15) is 0 Å². The van der Waals surface area contributed by atoms with E-state index in [2.05, 4.69) is 11.4 Å². The number of anilines is 1. The van der Waals surface area contributed by atoms with Gasteiger partial charge in [-0.1, -0.05) is 0 Å². The monoisotopic (exact) mass is 339 g/mol. The van der Waals surface area contributed by atoms with Crippen molar-refractivity contribution in [1.82, 2.24) is 4.98 Å². The van der Waals surface area contributed by atoms with Gasteiger partial charge in [-0.15, -0.1) is 11.3 Å². The largest absolute Gasteiger partial charge is 0.384 e. The summed E-state index contributed by atoms with van der Waals surface area (Å²) in [6.45, 7) is 2.31. The molecule has 4 nitrogen and oxygen atoms in total. The highest BCUT2D eigenvalue weighted by molar-refractivity contribution is 7.11. The zero-order valence-electron chi connectivity index (χ0n) is 13.9. The van der Waals surface area contributed by atoms with E-state index in [0.29, 0.717) is 11.1 Å². The highest BCUT2D eigenvalue weighted by Gasteiger charge is 2.14. The molecule has 0 bridgehead atoms. The molecule has 0 saturated carbocycles. The quantitative estimate of drug-likeness (QED) is 0.634. The minimum absolute atomic E-state index is 0.00888. The number of aryl methyl sites for hydroxylation is 3. The molecule has 0 radical (unpaired) electrons. The number of hydrogen-bond acceptors (Lipinski definition) is 5. The van der Waals surface area contributed by atoms with Gasteiger partial charge < -0.3 is 5.32 Å². The van der Waals surface area contributed by atoms with Gasteiger partial charge in [-0.2, -0.15) is 5.26 Å². The number of nitrogens with zero attached hydrogens (tertiary/aromatic N) is 2. The Kier molecular flexibility index (Phi) is 5.27. The van der Waals surface area contributed by atoms with Crippen LogP contribution in [0.1, 0.15) is 57.7 Å². The molecule has 1 aromatic heterocycles. The van der Waals surface area contributed by atoms with Crippen LogP contribution in [-0.4, -0.2) is 17.3 Å². The predicted octanol–water partition coefficient (Wildman–Crippen LogP) is 4.14. The Balaban J connectivity index is 1.57. The van der Waals surface area contributed by atoms with E-state index < -0.39 is 0 Å². The summed E-state index contributed by atoms with van der Waals surface area (Å²) in [7, 11) is 0. The van der Waals surface area contributed by atoms with E-state index >= 15 is 0 Å². The predicted molar refractivity (Wildman–Crippen MR) is 96.7 cm³/mol. The number of Topliss-reactive ketones (excluding diaryl/α,β-unsaturated/α-hetero) is 1. The van der Waals surface area contributed by atoms with Crippen molar-refractivity contribution in [3.63, 3.8) is 0 Å². The summed E-state index contributed by atoms with van der Waals surface area (Å²) in [5, 5.41) is 13.6. The zero-order chi connectivity index (χ0) is 16.9. The average molecular weight is 339 g/mol. The Morgan fingerprint density at radius 2 is 2.21 bits per heavy atom.